The van der Waals surface area contributed by atoms with Crippen LogP contribution in [0.2, 0.25) is 0 Å². The van der Waals surface area contributed by atoms with E-state index in [1.807, 2.05) is 5.38 Å². The average Bonchev–Trinajstić information content (AvgIpc) is 3.44. The van der Waals surface area contributed by atoms with Gasteiger partial charge in [-0.2, -0.15) is 0 Å². The maximum absolute atomic E-state index is 13.4. The summed E-state index contributed by atoms with van der Waals surface area (Å²) in [5, 5.41) is 5.85. The van der Waals surface area contributed by atoms with Crippen molar-refractivity contribution in [2.75, 3.05) is 25.8 Å². The summed E-state index contributed by atoms with van der Waals surface area (Å²) in [5.41, 5.74) is 0.905. The van der Waals surface area contributed by atoms with Gasteiger partial charge in [-0.1, -0.05) is 16.9 Å². The van der Waals surface area contributed by atoms with E-state index >= 15 is 0 Å². The van der Waals surface area contributed by atoms with Crippen molar-refractivity contribution < 1.29 is 31.5 Å². The Morgan fingerprint density at radius 1 is 1.23 bits per heavy atom. The van der Waals surface area contributed by atoms with E-state index in [9.17, 15) is 12.8 Å². The number of alkyl halides is 1. The molecule has 35 heavy (non-hydrogen) atoms. The molecule has 0 atom stereocenters. The first-order valence-electron chi connectivity index (χ1n) is 10.3. The number of thiazole rings is 1. The Morgan fingerprint density at radius 3 is 2.71 bits per heavy atom. The molecular formula is C21H19FN4O6S3. The Labute approximate surface area is 207 Å². The molecule has 1 saturated carbocycles. The second-order valence-corrected chi connectivity index (χ2v) is 11.3. The zero-order chi connectivity index (χ0) is 24.6. The fourth-order valence-corrected chi connectivity index (χ4v) is 6.40. The zero-order valence-corrected chi connectivity index (χ0v) is 20.9. The van der Waals surface area contributed by atoms with Crippen molar-refractivity contribution >= 4 is 49.9 Å². The molecule has 0 radical (unpaired) electrons. The van der Waals surface area contributed by atoms with Crippen LogP contribution in [0.3, 0.4) is 0 Å². The fraction of sp³-hybridized carbons (Fsp3) is 0.286. The summed E-state index contributed by atoms with van der Waals surface area (Å²) < 4.78 is 64.4. The fourth-order valence-electron chi connectivity index (χ4n) is 3.48. The van der Waals surface area contributed by atoms with Crippen LogP contribution >= 0.6 is 23.1 Å². The minimum absolute atomic E-state index is 0.0594. The second kappa shape index (κ2) is 9.51. The summed E-state index contributed by atoms with van der Waals surface area (Å²) in [4.78, 5) is 8.95. The van der Waals surface area contributed by atoms with Crippen LogP contribution in [0.25, 0.3) is 11.0 Å². The summed E-state index contributed by atoms with van der Waals surface area (Å²) in [6, 6.07) is 4.80. The van der Waals surface area contributed by atoms with E-state index in [4.69, 9.17) is 18.7 Å². The molecule has 3 aromatic heterocycles. The van der Waals surface area contributed by atoms with Crippen molar-refractivity contribution in [3.63, 3.8) is 0 Å². The van der Waals surface area contributed by atoms with Crippen LogP contribution in [-0.2, 0) is 10.0 Å². The summed E-state index contributed by atoms with van der Waals surface area (Å²) in [5.74, 6) is 0.114. The molecule has 1 aromatic carbocycles. The molecule has 0 bridgehead atoms. The second-order valence-electron chi connectivity index (χ2n) is 7.45. The first-order valence-corrected chi connectivity index (χ1v) is 13.5. The third-order valence-corrected chi connectivity index (χ3v) is 8.40. The van der Waals surface area contributed by atoms with Crippen LogP contribution in [0.15, 0.2) is 48.4 Å². The predicted molar refractivity (Wildman–Crippen MR) is 127 cm³/mol. The van der Waals surface area contributed by atoms with E-state index in [1.54, 1.807) is 24.4 Å². The molecule has 1 aliphatic carbocycles. The van der Waals surface area contributed by atoms with E-state index in [0.717, 1.165) is 17.2 Å². The number of hydrogen-bond acceptors (Lipinski definition) is 11. The van der Waals surface area contributed by atoms with Gasteiger partial charge in [0.1, 0.15) is 16.9 Å². The van der Waals surface area contributed by atoms with Crippen LogP contribution in [0, 0.1) is 0 Å². The summed E-state index contributed by atoms with van der Waals surface area (Å²) in [6.07, 6.45) is 3.60. The highest BCUT2D eigenvalue weighted by molar-refractivity contribution is 8.01. The molecule has 0 aliphatic heterocycles. The van der Waals surface area contributed by atoms with Crippen molar-refractivity contribution in [1.82, 2.24) is 15.1 Å². The lowest BCUT2D eigenvalue weighted by Crippen LogP contribution is -2.17. The van der Waals surface area contributed by atoms with Gasteiger partial charge in [-0.3, -0.25) is 4.72 Å². The maximum atomic E-state index is 13.4. The van der Waals surface area contributed by atoms with Crippen LogP contribution in [0.1, 0.15) is 24.5 Å². The Hall–Kier alpha value is -3.10. The SMILES string of the molecule is COc1cc(C2CC2)nc(OC)c1S(=O)(=O)Nc1noc2cc(Sc3nccs3)cc(OCF)c12. The zero-order valence-electron chi connectivity index (χ0n) is 18.5. The predicted octanol–water partition coefficient (Wildman–Crippen LogP) is 4.83. The van der Waals surface area contributed by atoms with Gasteiger partial charge in [-0.15, -0.1) is 11.3 Å². The van der Waals surface area contributed by atoms with Gasteiger partial charge in [0.05, 0.1) is 19.9 Å². The number of rotatable bonds is 10. The Bertz CT molecular complexity index is 1450. The van der Waals surface area contributed by atoms with Gasteiger partial charge < -0.3 is 18.7 Å². The normalized spacial score (nSPS) is 13.7. The molecule has 0 amide bonds. The van der Waals surface area contributed by atoms with E-state index in [1.165, 1.54) is 37.3 Å². The topological polar surface area (TPSA) is 126 Å². The van der Waals surface area contributed by atoms with Crippen LogP contribution in [-0.4, -0.2) is 44.6 Å². The molecule has 3 heterocycles. The molecular weight excluding hydrogens is 519 g/mol. The number of fused-ring (bicyclic) bond motifs is 1. The van der Waals surface area contributed by atoms with Crippen LogP contribution in [0.4, 0.5) is 10.2 Å². The Kier molecular flexibility index (Phi) is 6.42. The number of benzene rings is 1. The number of nitrogens with zero attached hydrogens (tertiary/aromatic N) is 3. The number of hydrogen-bond donors (Lipinski definition) is 1. The largest absolute Gasteiger partial charge is 0.495 e. The maximum Gasteiger partial charge on any atom is 0.272 e. The number of ether oxygens (including phenoxy) is 3. The van der Waals surface area contributed by atoms with Crippen molar-refractivity contribution in [1.29, 1.82) is 0 Å². The standard InChI is InChI=1S/C21H19FN4O6S3/c1-29-16-9-13(11-3-4-11)24-20(30-2)18(16)35(27,28)26-19-17-14(31-10-22)7-12(8-15(17)32-25-19)34-21-23-5-6-33-21/h5-9,11H,3-4,10H2,1-2H3,(H,25,26). The Morgan fingerprint density at radius 2 is 2.06 bits per heavy atom. The van der Waals surface area contributed by atoms with Gasteiger partial charge in [0.2, 0.25) is 12.7 Å². The van der Waals surface area contributed by atoms with E-state index in [-0.39, 0.29) is 45.0 Å². The first-order chi connectivity index (χ1) is 16.9. The minimum Gasteiger partial charge on any atom is -0.495 e. The smallest absolute Gasteiger partial charge is 0.272 e. The summed E-state index contributed by atoms with van der Waals surface area (Å²) in [7, 11) is -1.62. The first kappa shape index (κ1) is 23.6. The number of nitrogens with one attached hydrogen (secondary N) is 1. The van der Waals surface area contributed by atoms with Crippen molar-refractivity contribution in [2.24, 2.45) is 0 Å². The molecule has 1 fully saturated rings. The number of aromatic nitrogens is 3. The number of halogens is 1. The summed E-state index contributed by atoms with van der Waals surface area (Å²) >= 11 is 2.76. The molecule has 1 N–H and O–H groups in total. The van der Waals surface area contributed by atoms with Gasteiger partial charge in [-0.05, 0) is 25.0 Å². The van der Waals surface area contributed by atoms with Gasteiger partial charge in [0, 0.05) is 28.5 Å². The quantitative estimate of drug-likeness (QED) is 0.300. The minimum atomic E-state index is -4.31. The van der Waals surface area contributed by atoms with Gasteiger partial charge >= 0.3 is 0 Å². The van der Waals surface area contributed by atoms with Crippen molar-refractivity contribution in [2.45, 2.75) is 32.9 Å². The molecule has 5 rings (SSSR count). The van der Waals surface area contributed by atoms with Gasteiger partial charge in [-0.25, -0.2) is 22.8 Å². The number of methoxy groups -OCH3 is 2. The highest BCUT2D eigenvalue weighted by Gasteiger charge is 2.33. The molecule has 1 aliphatic rings. The monoisotopic (exact) mass is 538 g/mol. The lowest BCUT2D eigenvalue weighted by atomic mass is 10.2. The lowest BCUT2D eigenvalue weighted by molar-refractivity contribution is 0.193. The van der Waals surface area contributed by atoms with Gasteiger partial charge in [0.15, 0.2) is 20.6 Å². The van der Waals surface area contributed by atoms with Crippen LogP contribution in [0.5, 0.6) is 17.4 Å². The van der Waals surface area contributed by atoms with Crippen molar-refractivity contribution in [3.05, 3.63) is 35.5 Å². The molecule has 0 spiro atoms. The van der Waals surface area contributed by atoms with Crippen LogP contribution < -0.4 is 18.9 Å². The van der Waals surface area contributed by atoms with Gasteiger partial charge in [0.25, 0.3) is 10.0 Å². The van der Waals surface area contributed by atoms with E-state index in [0.29, 0.717) is 10.6 Å². The Balaban J connectivity index is 1.55. The third-order valence-electron chi connectivity index (χ3n) is 5.17. The lowest BCUT2D eigenvalue weighted by Gasteiger charge is -2.15. The average molecular weight is 539 g/mol. The van der Waals surface area contributed by atoms with E-state index < -0.39 is 16.9 Å². The highest BCUT2D eigenvalue weighted by Crippen LogP contribution is 2.44. The molecule has 10 nitrogen and oxygen atoms in total. The molecule has 0 saturated heterocycles. The highest BCUT2D eigenvalue weighted by atomic mass is 32.2. The molecule has 4 aromatic rings. The number of pyridine rings is 1. The third kappa shape index (κ3) is 4.73. The molecule has 184 valence electrons. The number of anilines is 1. The molecule has 0 unspecified atom stereocenters. The number of sulfonamides is 1. The summed E-state index contributed by atoms with van der Waals surface area (Å²) in [6.45, 7) is -1.13. The molecule has 14 heteroatoms. The van der Waals surface area contributed by atoms with E-state index in [2.05, 4.69) is 19.8 Å². The van der Waals surface area contributed by atoms with Crippen molar-refractivity contribution in [3.8, 4) is 17.4 Å².